The third-order valence-electron chi connectivity index (χ3n) is 6.52. The minimum atomic E-state index is -0.201. The molecule has 2 bridgehead atoms. The average molecular weight is 365 g/mol. The lowest BCUT2D eigenvalue weighted by atomic mass is 9.75. The predicted octanol–water partition coefficient (Wildman–Crippen LogP) is 2.80. The number of fused-ring (bicyclic) bond motifs is 5. The number of nitrogens with one attached hydrogen (secondary N) is 1. The van der Waals surface area contributed by atoms with Gasteiger partial charge in [0.1, 0.15) is 0 Å². The van der Waals surface area contributed by atoms with Crippen molar-refractivity contribution in [3.8, 4) is 5.88 Å². The van der Waals surface area contributed by atoms with Crippen molar-refractivity contribution in [2.45, 2.75) is 32.0 Å². The van der Waals surface area contributed by atoms with Crippen LogP contribution in [0.15, 0.2) is 36.7 Å². The maximum atomic E-state index is 13.2. The van der Waals surface area contributed by atoms with E-state index in [4.69, 9.17) is 9.47 Å². The molecule has 1 N–H and O–H groups in total. The number of carbonyl (C=O) groups is 1. The average Bonchev–Trinajstić information content (AvgIpc) is 3.03. The van der Waals surface area contributed by atoms with E-state index in [-0.39, 0.29) is 30.0 Å². The molecule has 3 aliphatic rings. The van der Waals surface area contributed by atoms with Crippen LogP contribution in [0.3, 0.4) is 0 Å². The van der Waals surface area contributed by atoms with E-state index in [9.17, 15) is 4.79 Å². The van der Waals surface area contributed by atoms with Gasteiger partial charge in [-0.15, -0.1) is 0 Å². The second-order valence-electron chi connectivity index (χ2n) is 7.94. The van der Waals surface area contributed by atoms with E-state index >= 15 is 0 Å². The second-order valence-corrected chi connectivity index (χ2v) is 7.94. The van der Waals surface area contributed by atoms with Crippen molar-refractivity contribution in [2.24, 2.45) is 23.7 Å². The topological polar surface area (TPSA) is 73.3 Å². The van der Waals surface area contributed by atoms with Crippen LogP contribution in [0, 0.1) is 30.6 Å². The van der Waals surface area contributed by atoms with Crippen LogP contribution >= 0.6 is 0 Å². The van der Waals surface area contributed by atoms with E-state index in [1.54, 1.807) is 19.4 Å². The summed E-state index contributed by atoms with van der Waals surface area (Å²) in [5.41, 5.74) is 2.74. The lowest BCUT2D eigenvalue weighted by molar-refractivity contribution is -0.122. The first-order valence-electron chi connectivity index (χ1n) is 9.47. The molecule has 3 unspecified atom stereocenters. The number of carbonyl (C=O) groups excluding carboxylic acids is 1. The number of aromatic nitrogens is 2. The van der Waals surface area contributed by atoms with Crippen molar-refractivity contribution >= 4 is 11.6 Å². The lowest BCUT2D eigenvalue weighted by Gasteiger charge is -2.27. The highest BCUT2D eigenvalue weighted by Crippen LogP contribution is 2.68. The van der Waals surface area contributed by atoms with Gasteiger partial charge in [-0.25, -0.2) is 4.98 Å². The fraction of sp³-hybridized carbons (Fsp3) is 0.476. The molecule has 2 aromatic heterocycles. The van der Waals surface area contributed by atoms with Gasteiger partial charge in [0.25, 0.3) is 0 Å². The second kappa shape index (κ2) is 6.02. The highest BCUT2D eigenvalue weighted by Gasteiger charge is 2.72. The van der Waals surface area contributed by atoms with E-state index in [2.05, 4.69) is 28.3 Å². The van der Waals surface area contributed by atoms with Crippen molar-refractivity contribution in [1.29, 1.82) is 0 Å². The molecule has 2 aromatic rings. The summed E-state index contributed by atoms with van der Waals surface area (Å²) in [7, 11) is 1.57. The molecule has 7 atom stereocenters. The number of ether oxygens (including phenoxy) is 2. The number of nitrogens with zero attached hydrogens (tertiary/aromatic N) is 2. The van der Waals surface area contributed by atoms with Gasteiger partial charge in [-0.2, -0.15) is 0 Å². The standard InChI is InChI=1S/C21H23N3O3/c1-10-4-5-12(8-22-10)17-18(20-16-11(2)15(16)19(17)27-20)21(25)24-13-6-7-14(26-3)23-9-13/h4-9,11,15-20H,1-3H3,(H,24,25)/t11?,15?,16?,17-,18+,19+,20-/m1/s1. The molecule has 27 heavy (non-hydrogen) atoms. The fourth-order valence-corrected chi connectivity index (χ4v) is 5.17. The number of pyridine rings is 2. The number of hydrogen-bond acceptors (Lipinski definition) is 5. The lowest BCUT2D eigenvalue weighted by Crippen LogP contribution is -2.37. The smallest absolute Gasteiger partial charge is 0.230 e. The maximum Gasteiger partial charge on any atom is 0.230 e. The van der Waals surface area contributed by atoms with Crippen LogP contribution in [0.5, 0.6) is 5.88 Å². The number of amides is 1. The van der Waals surface area contributed by atoms with Gasteiger partial charge in [-0.1, -0.05) is 13.0 Å². The Bertz CT molecular complexity index is 867. The monoisotopic (exact) mass is 365 g/mol. The van der Waals surface area contributed by atoms with Gasteiger partial charge < -0.3 is 14.8 Å². The molecule has 6 nitrogen and oxygen atoms in total. The van der Waals surface area contributed by atoms with Gasteiger partial charge in [-0.05, 0) is 42.4 Å². The minimum absolute atomic E-state index is 0.00223. The highest BCUT2D eigenvalue weighted by atomic mass is 16.5. The third-order valence-corrected chi connectivity index (χ3v) is 6.52. The van der Waals surface area contributed by atoms with Crippen LogP contribution in [-0.2, 0) is 9.53 Å². The Morgan fingerprint density at radius 3 is 2.59 bits per heavy atom. The van der Waals surface area contributed by atoms with Crippen molar-refractivity contribution < 1.29 is 14.3 Å². The largest absolute Gasteiger partial charge is 0.481 e. The van der Waals surface area contributed by atoms with E-state index in [0.717, 1.165) is 11.3 Å². The highest BCUT2D eigenvalue weighted by molar-refractivity contribution is 5.94. The Morgan fingerprint density at radius 2 is 1.93 bits per heavy atom. The maximum absolute atomic E-state index is 13.2. The Morgan fingerprint density at radius 1 is 1.11 bits per heavy atom. The van der Waals surface area contributed by atoms with Crippen LogP contribution in [-0.4, -0.2) is 35.2 Å². The zero-order valence-electron chi connectivity index (χ0n) is 15.6. The molecule has 140 valence electrons. The number of methoxy groups -OCH3 is 1. The summed E-state index contributed by atoms with van der Waals surface area (Å²) >= 11 is 0. The zero-order valence-corrected chi connectivity index (χ0v) is 15.6. The van der Waals surface area contributed by atoms with Gasteiger partial charge in [0.05, 0.1) is 37.1 Å². The van der Waals surface area contributed by atoms with E-state index in [1.807, 2.05) is 25.3 Å². The number of anilines is 1. The van der Waals surface area contributed by atoms with E-state index in [1.165, 1.54) is 0 Å². The Balaban J connectivity index is 1.43. The first kappa shape index (κ1) is 16.7. The molecule has 6 heteroatoms. The zero-order chi connectivity index (χ0) is 18.7. The summed E-state index contributed by atoms with van der Waals surface area (Å²) in [6.45, 7) is 4.25. The van der Waals surface area contributed by atoms with Crippen molar-refractivity contribution in [3.05, 3.63) is 47.9 Å². The normalized spacial score (nSPS) is 35.6. The molecule has 0 spiro atoms. The third kappa shape index (κ3) is 2.54. The summed E-state index contributed by atoms with van der Waals surface area (Å²) in [5, 5.41) is 3.03. The summed E-state index contributed by atoms with van der Waals surface area (Å²) in [6.07, 6.45) is 3.63. The van der Waals surface area contributed by atoms with Gasteiger partial charge in [-0.3, -0.25) is 9.78 Å². The van der Waals surface area contributed by atoms with Crippen molar-refractivity contribution in [1.82, 2.24) is 9.97 Å². The van der Waals surface area contributed by atoms with Gasteiger partial charge in [0, 0.05) is 23.9 Å². The number of hydrogen-bond donors (Lipinski definition) is 1. The molecule has 3 fully saturated rings. The van der Waals surface area contributed by atoms with E-state index < -0.39 is 0 Å². The Hall–Kier alpha value is -2.47. The Labute approximate surface area is 158 Å². The van der Waals surface area contributed by atoms with E-state index in [0.29, 0.717) is 29.3 Å². The van der Waals surface area contributed by atoms with Crippen LogP contribution in [0.2, 0.25) is 0 Å². The first-order valence-corrected chi connectivity index (χ1v) is 9.47. The number of rotatable bonds is 4. The van der Waals surface area contributed by atoms with Crippen LogP contribution in [0.25, 0.3) is 0 Å². The van der Waals surface area contributed by atoms with Crippen LogP contribution in [0.1, 0.15) is 24.1 Å². The molecular weight excluding hydrogens is 342 g/mol. The number of aryl methyl sites for hydroxylation is 1. The van der Waals surface area contributed by atoms with Crippen molar-refractivity contribution in [3.63, 3.8) is 0 Å². The molecule has 0 radical (unpaired) electrons. The van der Waals surface area contributed by atoms with Crippen LogP contribution in [0.4, 0.5) is 5.69 Å². The molecule has 4 heterocycles. The quantitative estimate of drug-likeness (QED) is 0.902. The molecular formula is C21H23N3O3. The molecule has 1 amide bonds. The summed E-state index contributed by atoms with van der Waals surface area (Å²) < 4.78 is 11.4. The molecule has 2 saturated heterocycles. The first-order chi connectivity index (χ1) is 13.1. The minimum Gasteiger partial charge on any atom is -0.481 e. The Kier molecular flexibility index (Phi) is 3.72. The van der Waals surface area contributed by atoms with Crippen LogP contribution < -0.4 is 10.1 Å². The van der Waals surface area contributed by atoms with Gasteiger partial charge in [0.2, 0.25) is 11.8 Å². The molecule has 1 saturated carbocycles. The fourth-order valence-electron chi connectivity index (χ4n) is 5.17. The molecule has 5 rings (SSSR count). The molecule has 2 aliphatic heterocycles. The van der Waals surface area contributed by atoms with Crippen molar-refractivity contribution in [2.75, 3.05) is 12.4 Å². The van der Waals surface area contributed by atoms with Gasteiger partial charge >= 0.3 is 0 Å². The molecule has 0 aromatic carbocycles. The summed E-state index contributed by atoms with van der Waals surface area (Å²) in [4.78, 5) is 21.8. The predicted molar refractivity (Wildman–Crippen MR) is 99.4 cm³/mol. The van der Waals surface area contributed by atoms with Gasteiger partial charge in [0.15, 0.2) is 0 Å². The molecule has 1 aliphatic carbocycles. The SMILES string of the molecule is COc1ccc(NC(=O)[C@H]2[C@@H](c3ccc(C)nc3)[C@H]3O[C@@H]2C2C(C)C23)cn1. The summed E-state index contributed by atoms with van der Waals surface area (Å²) in [5.74, 6) is 2.10. The summed E-state index contributed by atoms with van der Waals surface area (Å²) in [6, 6.07) is 7.65.